The predicted octanol–water partition coefficient (Wildman–Crippen LogP) is 3.29. The summed E-state index contributed by atoms with van der Waals surface area (Å²) in [4.78, 5) is 2.65. The van der Waals surface area contributed by atoms with Gasteiger partial charge in [0, 0.05) is 32.3 Å². The predicted molar refractivity (Wildman–Crippen MR) is 87.2 cm³/mol. The fourth-order valence-corrected chi connectivity index (χ4v) is 3.70. The zero-order valence-electron chi connectivity index (χ0n) is 14.2. The lowest BCUT2D eigenvalue weighted by molar-refractivity contribution is 0.0948. The molecule has 3 heteroatoms. The molecule has 1 saturated carbocycles. The first-order valence-corrected chi connectivity index (χ1v) is 8.67. The molecule has 0 heterocycles. The molecule has 1 atom stereocenters. The van der Waals surface area contributed by atoms with Crippen molar-refractivity contribution in [2.75, 3.05) is 33.9 Å². The second-order valence-electron chi connectivity index (χ2n) is 6.25. The molecule has 1 aliphatic carbocycles. The molecule has 1 aliphatic rings. The van der Waals surface area contributed by atoms with Crippen molar-refractivity contribution in [2.24, 2.45) is 5.92 Å². The number of hydrogen-bond donors (Lipinski definition) is 1. The highest BCUT2D eigenvalue weighted by Crippen LogP contribution is 2.27. The number of likely N-dealkylation sites (N-methyl/N-ethyl adjacent to an activating group) is 1. The molecule has 0 aliphatic heterocycles. The van der Waals surface area contributed by atoms with Crippen LogP contribution in [0.4, 0.5) is 0 Å². The zero-order chi connectivity index (χ0) is 14.8. The van der Waals surface area contributed by atoms with E-state index in [1.165, 1.54) is 51.5 Å². The van der Waals surface area contributed by atoms with Crippen LogP contribution in [0.15, 0.2) is 0 Å². The third kappa shape index (κ3) is 5.71. The summed E-state index contributed by atoms with van der Waals surface area (Å²) in [6.07, 6.45) is 9.58. The summed E-state index contributed by atoms with van der Waals surface area (Å²) in [5.41, 5.74) is 0. The fourth-order valence-electron chi connectivity index (χ4n) is 3.70. The van der Waals surface area contributed by atoms with Crippen molar-refractivity contribution in [1.82, 2.24) is 10.2 Å². The van der Waals surface area contributed by atoms with E-state index in [-0.39, 0.29) is 0 Å². The highest BCUT2D eigenvalue weighted by Gasteiger charge is 2.26. The normalized spacial score (nSPS) is 18.9. The first-order valence-electron chi connectivity index (χ1n) is 8.67. The van der Waals surface area contributed by atoms with E-state index in [0.29, 0.717) is 12.1 Å². The SMILES string of the molecule is CCC(CC)N(CCOC)CC(NC)C1CCCCC1. The average molecular weight is 284 g/mol. The Morgan fingerprint density at radius 3 is 2.30 bits per heavy atom. The standard InChI is InChI=1S/C17H36N2O/c1-5-16(6-2)19(12-13-20-4)14-17(18-3)15-10-8-7-9-11-15/h15-18H,5-14H2,1-4H3. The maximum atomic E-state index is 5.31. The Labute approximate surface area is 126 Å². The van der Waals surface area contributed by atoms with E-state index >= 15 is 0 Å². The van der Waals surface area contributed by atoms with Crippen molar-refractivity contribution >= 4 is 0 Å². The summed E-state index contributed by atoms with van der Waals surface area (Å²) in [6, 6.07) is 1.34. The smallest absolute Gasteiger partial charge is 0.0589 e. The number of ether oxygens (including phenoxy) is 1. The van der Waals surface area contributed by atoms with Crippen LogP contribution in [-0.4, -0.2) is 50.8 Å². The van der Waals surface area contributed by atoms with E-state index in [4.69, 9.17) is 4.74 Å². The van der Waals surface area contributed by atoms with Crippen LogP contribution in [0.5, 0.6) is 0 Å². The van der Waals surface area contributed by atoms with Gasteiger partial charge in [-0.2, -0.15) is 0 Å². The van der Waals surface area contributed by atoms with Gasteiger partial charge in [0.25, 0.3) is 0 Å². The maximum Gasteiger partial charge on any atom is 0.0589 e. The Bertz CT molecular complexity index is 225. The Kier molecular flexibility index (Phi) is 9.49. The van der Waals surface area contributed by atoms with E-state index in [0.717, 1.165) is 19.1 Å². The van der Waals surface area contributed by atoms with Crippen molar-refractivity contribution in [3.8, 4) is 0 Å². The Balaban J connectivity index is 2.58. The van der Waals surface area contributed by atoms with Gasteiger partial charge in [-0.3, -0.25) is 4.90 Å². The molecule has 1 fully saturated rings. The largest absolute Gasteiger partial charge is 0.383 e. The summed E-state index contributed by atoms with van der Waals surface area (Å²) in [7, 11) is 3.95. The van der Waals surface area contributed by atoms with Gasteiger partial charge >= 0.3 is 0 Å². The van der Waals surface area contributed by atoms with Gasteiger partial charge in [-0.25, -0.2) is 0 Å². The van der Waals surface area contributed by atoms with Crippen LogP contribution in [0.2, 0.25) is 0 Å². The molecule has 0 aromatic rings. The van der Waals surface area contributed by atoms with Crippen molar-refractivity contribution < 1.29 is 4.74 Å². The van der Waals surface area contributed by atoms with Gasteiger partial charge in [0.15, 0.2) is 0 Å². The van der Waals surface area contributed by atoms with Crippen LogP contribution in [0.1, 0.15) is 58.8 Å². The van der Waals surface area contributed by atoms with Gasteiger partial charge in [-0.1, -0.05) is 33.1 Å². The van der Waals surface area contributed by atoms with E-state index in [2.05, 4.69) is 31.1 Å². The molecule has 20 heavy (non-hydrogen) atoms. The van der Waals surface area contributed by atoms with E-state index in [9.17, 15) is 0 Å². The van der Waals surface area contributed by atoms with Crippen LogP contribution in [0.3, 0.4) is 0 Å². The third-order valence-corrected chi connectivity index (χ3v) is 5.06. The van der Waals surface area contributed by atoms with Gasteiger partial charge in [0.1, 0.15) is 0 Å². The van der Waals surface area contributed by atoms with Crippen LogP contribution in [-0.2, 0) is 4.74 Å². The van der Waals surface area contributed by atoms with Crippen molar-refractivity contribution in [3.63, 3.8) is 0 Å². The molecular formula is C17H36N2O. The van der Waals surface area contributed by atoms with Crippen LogP contribution < -0.4 is 5.32 Å². The third-order valence-electron chi connectivity index (χ3n) is 5.06. The topological polar surface area (TPSA) is 24.5 Å². The summed E-state index contributed by atoms with van der Waals surface area (Å²) in [6.45, 7) is 7.70. The first kappa shape index (κ1) is 17.9. The van der Waals surface area contributed by atoms with E-state index < -0.39 is 0 Å². The Hall–Kier alpha value is -0.120. The van der Waals surface area contributed by atoms with Gasteiger partial charge in [0.2, 0.25) is 0 Å². The van der Waals surface area contributed by atoms with Crippen LogP contribution in [0, 0.1) is 5.92 Å². The molecule has 1 unspecified atom stereocenters. The van der Waals surface area contributed by atoms with Gasteiger partial charge in [0.05, 0.1) is 6.61 Å². The van der Waals surface area contributed by atoms with E-state index in [1.807, 2.05) is 7.11 Å². The summed E-state index contributed by atoms with van der Waals surface area (Å²) < 4.78 is 5.31. The minimum absolute atomic E-state index is 0.646. The van der Waals surface area contributed by atoms with Crippen LogP contribution >= 0.6 is 0 Å². The highest BCUT2D eigenvalue weighted by atomic mass is 16.5. The summed E-state index contributed by atoms with van der Waals surface area (Å²) >= 11 is 0. The molecule has 0 bridgehead atoms. The monoisotopic (exact) mass is 284 g/mol. The van der Waals surface area contributed by atoms with Crippen molar-refractivity contribution in [1.29, 1.82) is 0 Å². The molecule has 0 saturated heterocycles. The number of rotatable bonds is 10. The maximum absolute atomic E-state index is 5.31. The highest BCUT2D eigenvalue weighted by molar-refractivity contribution is 4.83. The van der Waals surface area contributed by atoms with Crippen molar-refractivity contribution in [3.05, 3.63) is 0 Å². The molecule has 0 spiro atoms. The Morgan fingerprint density at radius 1 is 1.15 bits per heavy atom. The lowest BCUT2D eigenvalue weighted by atomic mass is 9.83. The number of nitrogens with one attached hydrogen (secondary N) is 1. The molecule has 3 nitrogen and oxygen atoms in total. The van der Waals surface area contributed by atoms with Crippen LogP contribution in [0.25, 0.3) is 0 Å². The second kappa shape index (κ2) is 10.6. The molecule has 1 rings (SSSR count). The lowest BCUT2D eigenvalue weighted by Gasteiger charge is -2.37. The number of nitrogens with zero attached hydrogens (tertiary/aromatic N) is 1. The molecule has 0 amide bonds. The fraction of sp³-hybridized carbons (Fsp3) is 1.00. The summed E-state index contributed by atoms with van der Waals surface area (Å²) in [5, 5.41) is 3.60. The molecular weight excluding hydrogens is 248 g/mol. The van der Waals surface area contributed by atoms with Gasteiger partial charge < -0.3 is 10.1 Å². The molecule has 120 valence electrons. The van der Waals surface area contributed by atoms with Crippen molar-refractivity contribution in [2.45, 2.75) is 70.9 Å². The lowest BCUT2D eigenvalue weighted by Crippen LogP contribution is -2.49. The quantitative estimate of drug-likeness (QED) is 0.666. The number of methoxy groups -OCH3 is 1. The minimum atomic E-state index is 0.646. The average Bonchev–Trinajstić information content (AvgIpc) is 2.51. The first-order chi connectivity index (χ1) is 9.76. The summed E-state index contributed by atoms with van der Waals surface area (Å²) in [5.74, 6) is 0.869. The van der Waals surface area contributed by atoms with Gasteiger partial charge in [-0.15, -0.1) is 0 Å². The number of hydrogen-bond acceptors (Lipinski definition) is 3. The molecule has 0 aromatic heterocycles. The molecule has 1 N–H and O–H groups in total. The molecule has 0 aromatic carbocycles. The zero-order valence-corrected chi connectivity index (χ0v) is 14.2. The molecule has 0 radical (unpaired) electrons. The Morgan fingerprint density at radius 2 is 1.80 bits per heavy atom. The second-order valence-corrected chi connectivity index (χ2v) is 6.25. The van der Waals surface area contributed by atoms with Gasteiger partial charge in [-0.05, 0) is 38.6 Å². The van der Waals surface area contributed by atoms with E-state index in [1.54, 1.807) is 0 Å². The minimum Gasteiger partial charge on any atom is -0.383 e.